The molecule has 0 aliphatic heterocycles. The second-order valence-corrected chi connectivity index (χ2v) is 4.69. The Bertz CT molecular complexity index is 350. The number of nitrogens with zero attached hydrogens (tertiary/aromatic N) is 2. The minimum absolute atomic E-state index is 0.299. The molecule has 1 aliphatic carbocycles. The van der Waals surface area contributed by atoms with Gasteiger partial charge in [0.15, 0.2) is 0 Å². The van der Waals surface area contributed by atoms with Crippen molar-refractivity contribution in [1.82, 2.24) is 9.78 Å². The Morgan fingerprint density at radius 3 is 2.60 bits per heavy atom. The van der Waals surface area contributed by atoms with Crippen molar-refractivity contribution in [3.05, 3.63) is 17.0 Å². The summed E-state index contributed by atoms with van der Waals surface area (Å²) in [6, 6.07) is 0.299. The predicted octanol–water partition coefficient (Wildman–Crippen LogP) is 1.80. The highest BCUT2D eigenvalue weighted by atomic mass is 15.3. The maximum atomic E-state index is 6.12. The van der Waals surface area contributed by atoms with E-state index in [1.807, 2.05) is 0 Å². The lowest BCUT2D eigenvalue weighted by atomic mass is 10.1. The van der Waals surface area contributed by atoms with Gasteiger partial charge in [0.05, 0.1) is 12.2 Å². The zero-order chi connectivity index (χ0) is 11.0. The Labute approximate surface area is 91.7 Å². The van der Waals surface area contributed by atoms with Crippen molar-refractivity contribution in [3.8, 4) is 0 Å². The molecule has 1 unspecified atom stereocenters. The van der Waals surface area contributed by atoms with E-state index in [1.165, 1.54) is 24.1 Å². The van der Waals surface area contributed by atoms with Crippen molar-refractivity contribution in [3.63, 3.8) is 0 Å². The number of hydrogen-bond acceptors (Lipinski definition) is 2. The number of aryl methyl sites for hydroxylation is 1. The van der Waals surface area contributed by atoms with E-state index in [4.69, 9.17) is 5.73 Å². The van der Waals surface area contributed by atoms with E-state index in [2.05, 4.69) is 30.6 Å². The normalized spacial score (nSPS) is 18.1. The zero-order valence-corrected chi connectivity index (χ0v) is 9.95. The monoisotopic (exact) mass is 207 g/mol. The van der Waals surface area contributed by atoms with Crippen LogP contribution < -0.4 is 5.73 Å². The van der Waals surface area contributed by atoms with Crippen LogP contribution in [-0.4, -0.2) is 15.8 Å². The van der Waals surface area contributed by atoms with Crippen molar-refractivity contribution in [1.29, 1.82) is 0 Å². The molecule has 1 atom stereocenters. The Hall–Kier alpha value is -0.830. The van der Waals surface area contributed by atoms with Crippen molar-refractivity contribution in [2.24, 2.45) is 11.7 Å². The molecule has 84 valence electrons. The fraction of sp³-hybridized carbons (Fsp3) is 0.750. The number of aromatic nitrogens is 2. The molecule has 15 heavy (non-hydrogen) atoms. The maximum Gasteiger partial charge on any atom is 0.0628 e. The number of rotatable bonds is 4. The highest BCUT2D eigenvalue weighted by Crippen LogP contribution is 2.32. The fourth-order valence-corrected chi connectivity index (χ4v) is 2.30. The first-order valence-electron chi connectivity index (χ1n) is 5.92. The molecule has 0 aromatic carbocycles. The summed E-state index contributed by atoms with van der Waals surface area (Å²) in [5.74, 6) is 0.749. The molecule has 1 fully saturated rings. The van der Waals surface area contributed by atoms with Crippen LogP contribution in [-0.2, 0) is 13.0 Å². The molecule has 1 saturated carbocycles. The summed E-state index contributed by atoms with van der Waals surface area (Å²) in [6.07, 6.45) is 3.68. The molecule has 1 aromatic heterocycles. The van der Waals surface area contributed by atoms with Crippen molar-refractivity contribution in [2.75, 3.05) is 0 Å². The molecule has 2 rings (SSSR count). The molecule has 0 radical (unpaired) electrons. The second-order valence-electron chi connectivity index (χ2n) is 4.69. The van der Waals surface area contributed by atoms with Gasteiger partial charge in [0, 0.05) is 11.7 Å². The molecule has 1 aromatic rings. The lowest BCUT2D eigenvalue weighted by molar-refractivity contribution is 0.462. The Kier molecular flexibility index (Phi) is 2.83. The van der Waals surface area contributed by atoms with Gasteiger partial charge in [0.1, 0.15) is 0 Å². The third kappa shape index (κ3) is 2.07. The summed E-state index contributed by atoms with van der Waals surface area (Å²) in [5, 5.41) is 4.57. The zero-order valence-electron chi connectivity index (χ0n) is 9.95. The van der Waals surface area contributed by atoms with Crippen LogP contribution in [0.5, 0.6) is 0 Å². The topological polar surface area (TPSA) is 43.8 Å². The minimum atomic E-state index is 0.299. The maximum absolute atomic E-state index is 6.12. The summed E-state index contributed by atoms with van der Waals surface area (Å²) in [4.78, 5) is 0. The average molecular weight is 207 g/mol. The molecule has 2 N–H and O–H groups in total. The summed E-state index contributed by atoms with van der Waals surface area (Å²) < 4.78 is 2.09. The average Bonchev–Trinajstić information content (AvgIpc) is 2.97. The summed E-state index contributed by atoms with van der Waals surface area (Å²) in [6.45, 7) is 7.31. The Morgan fingerprint density at radius 1 is 1.47 bits per heavy atom. The third-order valence-electron chi connectivity index (χ3n) is 3.50. The highest BCUT2D eigenvalue weighted by Gasteiger charge is 2.29. The molecule has 1 aliphatic rings. The quantitative estimate of drug-likeness (QED) is 0.818. The molecule has 0 amide bonds. The van der Waals surface area contributed by atoms with E-state index in [9.17, 15) is 0 Å². The third-order valence-corrected chi connectivity index (χ3v) is 3.50. The van der Waals surface area contributed by atoms with E-state index in [0.717, 1.165) is 24.6 Å². The van der Waals surface area contributed by atoms with Crippen molar-refractivity contribution in [2.45, 2.75) is 52.6 Å². The van der Waals surface area contributed by atoms with Crippen molar-refractivity contribution >= 4 is 0 Å². The van der Waals surface area contributed by atoms with Gasteiger partial charge in [-0.3, -0.25) is 4.68 Å². The Morgan fingerprint density at radius 2 is 2.13 bits per heavy atom. The van der Waals surface area contributed by atoms with Crippen LogP contribution in [0.2, 0.25) is 0 Å². The lowest BCUT2D eigenvalue weighted by Crippen LogP contribution is -2.29. The first-order chi connectivity index (χ1) is 7.13. The van der Waals surface area contributed by atoms with E-state index in [1.54, 1.807) is 0 Å². The van der Waals surface area contributed by atoms with Crippen LogP contribution in [0.25, 0.3) is 0 Å². The minimum Gasteiger partial charge on any atom is -0.326 e. The second kappa shape index (κ2) is 3.97. The Balaban J connectivity index is 2.13. The molecular formula is C12H21N3. The van der Waals surface area contributed by atoms with E-state index in [0.29, 0.717) is 6.04 Å². The lowest BCUT2D eigenvalue weighted by Gasteiger charge is -2.11. The van der Waals surface area contributed by atoms with Crippen LogP contribution in [0, 0.1) is 19.8 Å². The van der Waals surface area contributed by atoms with Crippen LogP contribution >= 0.6 is 0 Å². The van der Waals surface area contributed by atoms with Crippen LogP contribution in [0.4, 0.5) is 0 Å². The van der Waals surface area contributed by atoms with Gasteiger partial charge in [-0.05, 0) is 44.6 Å². The molecule has 3 nitrogen and oxygen atoms in total. The van der Waals surface area contributed by atoms with Gasteiger partial charge < -0.3 is 5.73 Å². The molecular weight excluding hydrogens is 186 g/mol. The van der Waals surface area contributed by atoms with Gasteiger partial charge in [-0.15, -0.1) is 0 Å². The smallest absolute Gasteiger partial charge is 0.0628 e. The van der Waals surface area contributed by atoms with E-state index in [-0.39, 0.29) is 0 Å². The molecule has 0 spiro atoms. The van der Waals surface area contributed by atoms with E-state index < -0.39 is 0 Å². The van der Waals surface area contributed by atoms with Crippen LogP contribution in [0.15, 0.2) is 0 Å². The first kappa shape index (κ1) is 10.7. The largest absolute Gasteiger partial charge is 0.326 e. The molecule has 1 heterocycles. The van der Waals surface area contributed by atoms with Crippen molar-refractivity contribution < 1.29 is 0 Å². The van der Waals surface area contributed by atoms with Crippen LogP contribution in [0.1, 0.15) is 36.7 Å². The standard InChI is InChI=1S/C12H21N3/c1-4-11-8(2)14-15(9(11)3)7-12(13)10-5-6-10/h10,12H,4-7,13H2,1-3H3. The summed E-state index contributed by atoms with van der Waals surface area (Å²) >= 11 is 0. The van der Waals surface area contributed by atoms with Gasteiger partial charge in [-0.1, -0.05) is 6.92 Å². The van der Waals surface area contributed by atoms with Gasteiger partial charge in [0.2, 0.25) is 0 Å². The summed E-state index contributed by atoms with van der Waals surface area (Å²) in [7, 11) is 0. The van der Waals surface area contributed by atoms with Gasteiger partial charge in [-0.25, -0.2) is 0 Å². The van der Waals surface area contributed by atoms with E-state index >= 15 is 0 Å². The summed E-state index contributed by atoms with van der Waals surface area (Å²) in [5.41, 5.74) is 9.97. The molecule has 0 bridgehead atoms. The molecule has 0 saturated heterocycles. The first-order valence-corrected chi connectivity index (χ1v) is 5.92. The number of hydrogen-bond donors (Lipinski definition) is 1. The SMILES string of the molecule is CCc1c(C)nn(CC(N)C2CC2)c1C. The van der Waals surface area contributed by atoms with Gasteiger partial charge in [-0.2, -0.15) is 5.10 Å². The van der Waals surface area contributed by atoms with Gasteiger partial charge in [0.25, 0.3) is 0 Å². The molecule has 3 heteroatoms. The van der Waals surface area contributed by atoms with Crippen LogP contribution in [0.3, 0.4) is 0 Å². The highest BCUT2D eigenvalue weighted by molar-refractivity contribution is 5.24. The predicted molar refractivity (Wildman–Crippen MR) is 61.8 cm³/mol. The van der Waals surface area contributed by atoms with Gasteiger partial charge >= 0.3 is 0 Å². The fourth-order valence-electron chi connectivity index (χ4n) is 2.30. The number of nitrogens with two attached hydrogens (primary N) is 1.